The fourth-order valence-corrected chi connectivity index (χ4v) is 6.46. The third-order valence-electron chi connectivity index (χ3n) is 6.90. The first-order chi connectivity index (χ1) is 20.3. The van der Waals surface area contributed by atoms with Crippen LogP contribution in [0.25, 0.3) is 10.1 Å². The summed E-state index contributed by atoms with van der Waals surface area (Å²) in [4.78, 5) is 13.3. The largest absolute Gasteiger partial charge is 0.489 e. The molecule has 9 heteroatoms. The quantitative estimate of drug-likeness (QED) is 0.152. The Bertz CT molecular complexity index is 1930. The third kappa shape index (κ3) is 5.40. The van der Waals surface area contributed by atoms with E-state index in [1.165, 1.54) is 16.9 Å². The topological polar surface area (TPSA) is 94.6 Å². The third-order valence-corrected chi connectivity index (χ3v) is 8.77. The number of carbonyl (C=O) groups excluding carboxylic acids is 1. The van der Waals surface area contributed by atoms with Crippen LogP contribution in [-0.4, -0.2) is 5.97 Å². The summed E-state index contributed by atoms with van der Waals surface area (Å²) >= 11 is 13.8. The van der Waals surface area contributed by atoms with Gasteiger partial charge >= 0.3 is 5.97 Å². The zero-order valence-electron chi connectivity index (χ0n) is 22.2. The van der Waals surface area contributed by atoms with E-state index in [2.05, 4.69) is 6.07 Å². The highest BCUT2D eigenvalue weighted by molar-refractivity contribution is 7.21. The van der Waals surface area contributed by atoms with Crippen molar-refractivity contribution in [3.63, 3.8) is 0 Å². The second-order valence-corrected chi connectivity index (χ2v) is 11.6. The van der Waals surface area contributed by atoms with Gasteiger partial charge in [0.15, 0.2) is 0 Å². The molecule has 4 aromatic carbocycles. The van der Waals surface area contributed by atoms with Gasteiger partial charge in [0.05, 0.1) is 10.9 Å². The molecule has 1 aliphatic heterocycles. The van der Waals surface area contributed by atoms with E-state index in [-0.39, 0.29) is 22.1 Å². The van der Waals surface area contributed by atoms with Crippen molar-refractivity contribution in [2.75, 3.05) is 0 Å². The molecule has 2 heterocycles. The van der Waals surface area contributed by atoms with Crippen LogP contribution >= 0.6 is 34.5 Å². The van der Waals surface area contributed by atoms with Crippen molar-refractivity contribution in [3.8, 4) is 23.3 Å². The van der Waals surface area contributed by atoms with Crippen LogP contribution in [-0.2, 0) is 6.61 Å². The first kappa shape index (κ1) is 27.7. The number of ether oxygens (including phenoxy) is 3. The molecular weight excluding hydrogens is 591 g/mol. The van der Waals surface area contributed by atoms with Gasteiger partial charge in [-0.1, -0.05) is 77.3 Å². The van der Waals surface area contributed by atoms with Gasteiger partial charge in [-0.2, -0.15) is 5.26 Å². The zero-order valence-corrected chi connectivity index (χ0v) is 24.5. The number of allylic oxidation sites excluding steroid dienone is 1. The summed E-state index contributed by atoms with van der Waals surface area (Å²) in [6.45, 7) is 2.44. The molecule has 0 bridgehead atoms. The normalized spacial score (nSPS) is 14.2. The van der Waals surface area contributed by atoms with E-state index in [0.29, 0.717) is 33.7 Å². The summed E-state index contributed by atoms with van der Waals surface area (Å²) in [5.41, 5.74) is 10.2. The summed E-state index contributed by atoms with van der Waals surface area (Å²) in [6, 6.07) is 28.1. The number of aryl methyl sites for hydroxylation is 1. The van der Waals surface area contributed by atoms with E-state index in [0.717, 1.165) is 21.2 Å². The summed E-state index contributed by atoms with van der Waals surface area (Å²) < 4.78 is 18.3. The Hall–Kier alpha value is -4.48. The number of benzene rings is 4. The number of carbonyl (C=O) groups is 1. The van der Waals surface area contributed by atoms with Gasteiger partial charge < -0.3 is 19.9 Å². The van der Waals surface area contributed by atoms with Crippen LogP contribution in [0.3, 0.4) is 0 Å². The number of nitriles is 1. The molecule has 2 N–H and O–H groups in total. The Balaban J connectivity index is 1.27. The van der Waals surface area contributed by atoms with Gasteiger partial charge in [0.25, 0.3) is 0 Å². The lowest BCUT2D eigenvalue weighted by Gasteiger charge is -2.27. The van der Waals surface area contributed by atoms with E-state index in [1.807, 2.05) is 55.5 Å². The molecule has 6 rings (SSSR count). The van der Waals surface area contributed by atoms with Gasteiger partial charge in [-0.25, -0.2) is 4.79 Å². The van der Waals surface area contributed by atoms with Gasteiger partial charge in [0.1, 0.15) is 40.4 Å². The summed E-state index contributed by atoms with van der Waals surface area (Å²) in [6.07, 6.45) is 0. The van der Waals surface area contributed by atoms with Crippen LogP contribution in [0, 0.1) is 18.3 Å². The molecule has 0 amide bonds. The summed E-state index contributed by atoms with van der Waals surface area (Å²) in [5.74, 6) is 0.143. The Morgan fingerprint density at radius 2 is 1.83 bits per heavy atom. The number of fused-ring (bicyclic) bond motifs is 2. The van der Waals surface area contributed by atoms with E-state index < -0.39 is 11.9 Å². The van der Waals surface area contributed by atoms with Crippen molar-refractivity contribution in [3.05, 3.63) is 134 Å². The molecule has 0 saturated heterocycles. The molecule has 0 radical (unpaired) electrons. The van der Waals surface area contributed by atoms with Gasteiger partial charge in [-0.3, -0.25) is 0 Å². The second-order valence-electron chi connectivity index (χ2n) is 9.75. The molecule has 0 fully saturated rings. The summed E-state index contributed by atoms with van der Waals surface area (Å²) in [7, 11) is 0. The van der Waals surface area contributed by atoms with Gasteiger partial charge in [-0.05, 0) is 48.4 Å². The van der Waals surface area contributed by atoms with E-state index in [1.54, 1.807) is 36.4 Å². The van der Waals surface area contributed by atoms with Crippen molar-refractivity contribution in [2.24, 2.45) is 5.73 Å². The molecule has 1 aromatic heterocycles. The van der Waals surface area contributed by atoms with Gasteiger partial charge in [-0.15, -0.1) is 11.3 Å². The van der Waals surface area contributed by atoms with Crippen LogP contribution in [0.15, 0.2) is 96.4 Å². The molecule has 1 unspecified atom stereocenters. The lowest BCUT2D eigenvalue weighted by molar-refractivity contribution is 0.0740. The molecule has 0 saturated carbocycles. The van der Waals surface area contributed by atoms with E-state index in [9.17, 15) is 10.1 Å². The highest BCUT2D eigenvalue weighted by Gasteiger charge is 2.31. The molecular formula is C33H22Cl2N2O4S. The maximum Gasteiger partial charge on any atom is 0.355 e. The number of halogens is 2. The Morgan fingerprint density at radius 3 is 2.62 bits per heavy atom. The summed E-state index contributed by atoms with van der Waals surface area (Å²) in [5, 5.41) is 11.6. The lowest BCUT2D eigenvalue weighted by atomic mass is 9.83. The van der Waals surface area contributed by atoms with Crippen LogP contribution in [0.1, 0.15) is 37.8 Å². The molecule has 0 aliphatic carbocycles. The first-order valence-electron chi connectivity index (χ1n) is 12.9. The average Bonchev–Trinajstić information content (AvgIpc) is 3.31. The number of thiophene rings is 1. The molecule has 0 spiro atoms. The van der Waals surface area contributed by atoms with Gasteiger partial charge in [0.2, 0.25) is 5.88 Å². The number of hydrogen-bond acceptors (Lipinski definition) is 7. The molecule has 6 nitrogen and oxygen atoms in total. The smallest absolute Gasteiger partial charge is 0.355 e. The number of nitrogens with zero attached hydrogens (tertiary/aromatic N) is 1. The Kier molecular flexibility index (Phi) is 7.53. The number of hydrogen-bond donors (Lipinski definition) is 1. The second kappa shape index (κ2) is 11.4. The lowest BCUT2D eigenvalue weighted by Crippen LogP contribution is -2.21. The standard InChI is InChI=1S/C33H22Cl2N2O4S/c1-18-5-7-19(8-6-18)17-39-22-4-2-3-20(13-22)29-24-12-10-23(15-27(24)41-32(37)26(29)16-36)40-33(38)31-30(35)25-11-9-21(34)14-28(25)42-31/h2-15,29H,17,37H2,1H3. The van der Waals surface area contributed by atoms with Crippen molar-refractivity contribution < 1.29 is 19.0 Å². The minimum absolute atomic E-state index is 0.0196. The van der Waals surface area contributed by atoms with Crippen LogP contribution in [0.4, 0.5) is 0 Å². The predicted octanol–water partition coefficient (Wildman–Crippen LogP) is 8.53. The van der Waals surface area contributed by atoms with Crippen molar-refractivity contribution in [1.29, 1.82) is 5.26 Å². The van der Waals surface area contributed by atoms with Crippen molar-refractivity contribution in [2.45, 2.75) is 19.4 Å². The molecule has 1 aliphatic rings. The van der Waals surface area contributed by atoms with E-state index >= 15 is 0 Å². The molecule has 208 valence electrons. The number of rotatable bonds is 6. The maximum absolute atomic E-state index is 13.1. The van der Waals surface area contributed by atoms with Crippen molar-refractivity contribution in [1.82, 2.24) is 0 Å². The number of nitrogens with two attached hydrogens (primary N) is 1. The Morgan fingerprint density at radius 1 is 1.02 bits per heavy atom. The van der Waals surface area contributed by atoms with E-state index in [4.69, 9.17) is 43.1 Å². The average molecular weight is 614 g/mol. The Labute approximate surface area is 256 Å². The fourth-order valence-electron chi connectivity index (χ4n) is 4.80. The zero-order chi connectivity index (χ0) is 29.4. The molecule has 1 atom stereocenters. The molecule has 5 aromatic rings. The minimum Gasteiger partial charge on any atom is -0.489 e. The highest BCUT2D eigenvalue weighted by atomic mass is 35.5. The molecule has 42 heavy (non-hydrogen) atoms. The van der Waals surface area contributed by atoms with Gasteiger partial charge in [0, 0.05) is 26.7 Å². The van der Waals surface area contributed by atoms with Crippen LogP contribution < -0.4 is 19.9 Å². The monoisotopic (exact) mass is 612 g/mol. The first-order valence-corrected chi connectivity index (χ1v) is 14.5. The SMILES string of the molecule is Cc1ccc(COc2cccc(C3C(C#N)=C(N)Oc4cc(OC(=O)c5sc6cc(Cl)ccc6c5Cl)ccc43)c2)cc1. The predicted molar refractivity (Wildman–Crippen MR) is 164 cm³/mol. The van der Waals surface area contributed by atoms with Crippen molar-refractivity contribution >= 4 is 50.6 Å². The number of esters is 1. The minimum atomic E-state index is -0.607. The fraction of sp³-hybridized carbons (Fsp3) is 0.0909. The van der Waals surface area contributed by atoms with Crippen LogP contribution in [0.5, 0.6) is 17.2 Å². The van der Waals surface area contributed by atoms with Crippen LogP contribution in [0.2, 0.25) is 10.0 Å². The highest BCUT2D eigenvalue weighted by Crippen LogP contribution is 2.44. The maximum atomic E-state index is 13.1.